The van der Waals surface area contributed by atoms with Gasteiger partial charge in [0.15, 0.2) is 5.78 Å². The number of rotatable bonds is 6. The van der Waals surface area contributed by atoms with Crippen LogP contribution in [0.25, 0.3) is 0 Å². The predicted molar refractivity (Wildman–Crippen MR) is 95.2 cm³/mol. The molecule has 0 aliphatic heterocycles. The first-order chi connectivity index (χ1) is 11.3. The molecular weight excluding hydrogens is 302 g/mol. The Balaban J connectivity index is 1.95. The fourth-order valence-corrected chi connectivity index (χ4v) is 2.31. The molecule has 0 bridgehead atoms. The van der Waals surface area contributed by atoms with E-state index in [2.05, 4.69) is 5.32 Å². The highest BCUT2D eigenvalue weighted by molar-refractivity contribution is 5.96. The molecule has 0 fully saturated rings. The zero-order chi connectivity index (χ0) is 17.7. The number of Topliss-reactive ketones (excluding diaryl/α,β-unsaturated/α-hetero) is 1. The largest absolute Gasteiger partial charge is 0.380 e. The highest BCUT2D eigenvalue weighted by atomic mass is 16.3. The molecule has 2 N–H and O–H groups in total. The summed E-state index contributed by atoms with van der Waals surface area (Å²) >= 11 is 0. The van der Waals surface area contributed by atoms with E-state index >= 15 is 0 Å². The maximum Gasteiger partial charge on any atom is 0.256 e. The summed E-state index contributed by atoms with van der Waals surface area (Å²) in [6, 6.07) is 14.7. The Morgan fingerprint density at radius 3 is 2.17 bits per heavy atom. The van der Waals surface area contributed by atoms with Gasteiger partial charge in [0.1, 0.15) is 5.60 Å². The van der Waals surface area contributed by atoms with Crippen molar-refractivity contribution in [2.45, 2.75) is 39.2 Å². The van der Waals surface area contributed by atoms with E-state index in [0.29, 0.717) is 24.1 Å². The van der Waals surface area contributed by atoms with Crippen LogP contribution in [0.5, 0.6) is 0 Å². The van der Waals surface area contributed by atoms with Crippen LogP contribution in [0.1, 0.15) is 41.8 Å². The van der Waals surface area contributed by atoms with Crippen LogP contribution in [0.3, 0.4) is 0 Å². The molecule has 0 aliphatic rings. The number of nitrogens with one attached hydrogen (secondary N) is 1. The van der Waals surface area contributed by atoms with Gasteiger partial charge in [0.2, 0.25) is 0 Å². The third kappa shape index (κ3) is 4.77. The summed E-state index contributed by atoms with van der Waals surface area (Å²) in [5.74, 6) is -0.405. The molecule has 126 valence electrons. The van der Waals surface area contributed by atoms with Crippen molar-refractivity contribution in [1.82, 2.24) is 0 Å². The predicted octanol–water partition coefficient (Wildman–Crippen LogP) is 3.52. The minimum absolute atomic E-state index is 0.0195. The first kappa shape index (κ1) is 17.9. The van der Waals surface area contributed by atoms with Crippen LogP contribution in [-0.4, -0.2) is 22.4 Å². The second-order valence-corrected chi connectivity index (χ2v) is 6.35. The Bertz CT molecular complexity index is 716. The molecule has 0 radical (unpaired) electrons. The van der Waals surface area contributed by atoms with E-state index in [-0.39, 0.29) is 5.78 Å². The lowest BCUT2D eigenvalue weighted by molar-refractivity contribution is -0.132. The third-order valence-corrected chi connectivity index (χ3v) is 4.06. The van der Waals surface area contributed by atoms with Crippen LogP contribution in [0.4, 0.5) is 5.69 Å². The van der Waals surface area contributed by atoms with Crippen molar-refractivity contribution < 1.29 is 14.7 Å². The average molecular weight is 325 g/mol. The molecule has 0 saturated carbocycles. The summed E-state index contributed by atoms with van der Waals surface area (Å²) in [4.78, 5) is 23.5. The van der Waals surface area contributed by atoms with E-state index in [1.807, 2.05) is 43.3 Å². The Kier molecular flexibility index (Phi) is 5.52. The standard InChI is InChI=1S/C20H23NO3/c1-14-4-10-18(11-5-14)21-19(23)20(3,24)13-12-16-6-8-17(9-7-16)15(2)22/h4-11,24H,12-13H2,1-3H3,(H,21,23)/t20-/m0/s1. The number of carbonyl (C=O) groups is 2. The summed E-state index contributed by atoms with van der Waals surface area (Å²) < 4.78 is 0. The van der Waals surface area contributed by atoms with Crippen molar-refractivity contribution in [3.05, 3.63) is 65.2 Å². The molecule has 4 nitrogen and oxygen atoms in total. The van der Waals surface area contributed by atoms with Gasteiger partial charge in [-0.05, 0) is 51.3 Å². The minimum Gasteiger partial charge on any atom is -0.380 e. The lowest BCUT2D eigenvalue weighted by Crippen LogP contribution is -2.40. The van der Waals surface area contributed by atoms with Gasteiger partial charge in [-0.15, -0.1) is 0 Å². The maximum absolute atomic E-state index is 12.3. The molecule has 2 rings (SSSR count). The third-order valence-electron chi connectivity index (χ3n) is 4.06. The van der Waals surface area contributed by atoms with Crippen molar-refractivity contribution in [3.8, 4) is 0 Å². The van der Waals surface area contributed by atoms with Gasteiger partial charge in [-0.3, -0.25) is 9.59 Å². The fourth-order valence-electron chi connectivity index (χ4n) is 2.31. The van der Waals surface area contributed by atoms with Crippen LogP contribution in [-0.2, 0) is 11.2 Å². The summed E-state index contributed by atoms with van der Waals surface area (Å²) in [6.07, 6.45) is 0.844. The molecule has 4 heteroatoms. The molecule has 2 aromatic rings. The number of benzene rings is 2. The highest BCUT2D eigenvalue weighted by Crippen LogP contribution is 2.18. The molecule has 0 aliphatic carbocycles. The number of aryl methyl sites for hydroxylation is 2. The van der Waals surface area contributed by atoms with E-state index in [9.17, 15) is 14.7 Å². The van der Waals surface area contributed by atoms with Crippen molar-refractivity contribution in [2.75, 3.05) is 5.32 Å². The normalized spacial score (nSPS) is 13.2. The zero-order valence-corrected chi connectivity index (χ0v) is 14.3. The smallest absolute Gasteiger partial charge is 0.256 e. The van der Waals surface area contributed by atoms with Crippen LogP contribution >= 0.6 is 0 Å². The Morgan fingerprint density at radius 1 is 1.04 bits per heavy atom. The van der Waals surface area contributed by atoms with Gasteiger partial charge in [-0.25, -0.2) is 0 Å². The molecule has 1 atom stereocenters. The SMILES string of the molecule is CC(=O)c1ccc(CC[C@](C)(O)C(=O)Nc2ccc(C)cc2)cc1. The van der Waals surface area contributed by atoms with E-state index in [0.717, 1.165) is 11.1 Å². The molecule has 0 heterocycles. The molecule has 2 aromatic carbocycles. The zero-order valence-electron chi connectivity index (χ0n) is 14.3. The molecule has 0 saturated heterocycles. The Labute approximate surface area is 142 Å². The first-order valence-corrected chi connectivity index (χ1v) is 7.98. The summed E-state index contributed by atoms with van der Waals surface area (Å²) in [6.45, 7) is 5.01. The van der Waals surface area contributed by atoms with Gasteiger partial charge >= 0.3 is 0 Å². The minimum atomic E-state index is -1.47. The molecule has 1 amide bonds. The summed E-state index contributed by atoms with van der Waals surface area (Å²) in [5.41, 5.74) is 1.93. The maximum atomic E-state index is 12.3. The van der Waals surface area contributed by atoms with Crippen LogP contribution < -0.4 is 5.32 Å². The number of carbonyl (C=O) groups excluding carboxylic acids is 2. The van der Waals surface area contributed by atoms with Crippen molar-refractivity contribution in [2.24, 2.45) is 0 Å². The second-order valence-electron chi connectivity index (χ2n) is 6.35. The van der Waals surface area contributed by atoms with Crippen molar-refractivity contribution in [1.29, 1.82) is 0 Å². The van der Waals surface area contributed by atoms with Gasteiger partial charge in [-0.1, -0.05) is 42.0 Å². The molecule has 24 heavy (non-hydrogen) atoms. The lowest BCUT2D eigenvalue weighted by atomic mass is 9.95. The van der Waals surface area contributed by atoms with Gasteiger partial charge in [-0.2, -0.15) is 0 Å². The number of amides is 1. The van der Waals surface area contributed by atoms with Gasteiger partial charge < -0.3 is 10.4 Å². The Hall–Kier alpha value is -2.46. The number of ketones is 1. The molecule has 0 unspecified atom stereocenters. The monoisotopic (exact) mass is 325 g/mol. The topological polar surface area (TPSA) is 66.4 Å². The number of aliphatic hydroxyl groups is 1. The van der Waals surface area contributed by atoms with Crippen LogP contribution in [0.15, 0.2) is 48.5 Å². The lowest BCUT2D eigenvalue weighted by Gasteiger charge is -2.22. The van der Waals surface area contributed by atoms with Crippen molar-refractivity contribution in [3.63, 3.8) is 0 Å². The fraction of sp³-hybridized carbons (Fsp3) is 0.300. The summed E-state index contributed by atoms with van der Waals surface area (Å²) in [7, 11) is 0. The van der Waals surface area contributed by atoms with Crippen LogP contribution in [0, 0.1) is 6.92 Å². The van der Waals surface area contributed by atoms with Gasteiger partial charge in [0, 0.05) is 11.3 Å². The number of hydrogen-bond donors (Lipinski definition) is 2. The molecule has 0 aromatic heterocycles. The van der Waals surface area contributed by atoms with E-state index in [4.69, 9.17) is 0 Å². The highest BCUT2D eigenvalue weighted by Gasteiger charge is 2.29. The number of hydrogen-bond acceptors (Lipinski definition) is 3. The quantitative estimate of drug-likeness (QED) is 0.799. The van der Waals surface area contributed by atoms with Crippen LogP contribution in [0.2, 0.25) is 0 Å². The Morgan fingerprint density at radius 2 is 1.62 bits per heavy atom. The molecular formula is C20H23NO3. The summed E-state index contributed by atoms with van der Waals surface area (Å²) in [5, 5.41) is 13.2. The van der Waals surface area contributed by atoms with E-state index < -0.39 is 11.5 Å². The van der Waals surface area contributed by atoms with E-state index in [1.165, 1.54) is 13.8 Å². The van der Waals surface area contributed by atoms with Gasteiger partial charge in [0.05, 0.1) is 0 Å². The first-order valence-electron chi connectivity index (χ1n) is 7.98. The average Bonchev–Trinajstić information content (AvgIpc) is 2.55. The van der Waals surface area contributed by atoms with Gasteiger partial charge in [0.25, 0.3) is 5.91 Å². The van der Waals surface area contributed by atoms with Crippen molar-refractivity contribution >= 4 is 17.4 Å². The number of anilines is 1. The second kappa shape index (κ2) is 7.41. The van der Waals surface area contributed by atoms with E-state index in [1.54, 1.807) is 12.1 Å². The molecule has 0 spiro atoms.